The second-order valence-electron chi connectivity index (χ2n) is 6.78. The smallest absolute Gasteiger partial charge is 0.291 e. The van der Waals surface area contributed by atoms with Crippen LogP contribution in [-0.4, -0.2) is 27.4 Å². The number of nitrogens with zero attached hydrogens (tertiary/aromatic N) is 2. The van der Waals surface area contributed by atoms with E-state index in [-0.39, 0.29) is 11.5 Å². The van der Waals surface area contributed by atoms with Crippen molar-refractivity contribution in [3.63, 3.8) is 0 Å². The first-order valence-corrected chi connectivity index (χ1v) is 9.67. The van der Waals surface area contributed by atoms with Gasteiger partial charge in [-0.05, 0) is 37.3 Å². The molecule has 1 aromatic heterocycles. The number of hydrogen-bond acceptors (Lipinski definition) is 5. The van der Waals surface area contributed by atoms with Gasteiger partial charge in [-0.2, -0.15) is 5.10 Å². The minimum absolute atomic E-state index is 0.00109. The Kier molecular flexibility index (Phi) is 6.61. The van der Waals surface area contributed by atoms with Gasteiger partial charge in [0.25, 0.3) is 5.56 Å². The van der Waals surface area contributed by atoms with Crippen molar-refractivity contribution < 1.29 is 14.4 Å². The molecule has 0 aliphatic carbocycles. The van der Waals surface area contributed by atoms with Crippen molar-refractivity contribution in [1.29, 1.82) is 0 Å². The first-order chi connectivity index (χ1) is 14.7. The number of amides is 2. The highest BCUT2D eigenvalue weighted by Crippen LogP contribution is 2.21. The maximum atomic E-state index is 12.7. The normalized spacial score (nSPS) is 10.4. The quantitative estimate of drug-likeness (QED) is 0.573. The third-order valence-corrected chi connectivity index (χ3v) is 4.52. The molecule has 2 aromatic carbocycles. The lowest BCUT2D eigenvalue weighted by Crippen LogP contribution is -2.32. The number of ketones is 1. The topological polar surface area (TPSA) is 110 Å². The third-order valence-electron chi connectivity index (χ3n) is 4.27. The van der Waals surface area contributed by atoms with Gasteiger partial charge in [0.15, 0.2) is 5.78 Å². The van der Waals surface area contributed by atoms with Gasteiger partial charge in [-0.15, -0.1) is 0 Å². The molecule has 0 fully saturated rings. The summed E-state index contributed by atoms with van der Waals surface area (Å²) in [5, 5.41) is 9.91. The Morgan fingerprint density at radius 2 is 1.71 bits per heavy atom. The summed E-state index contributed by atoms with van der Waals surface area (Å²) in [6, 6.07) is 14.7. The summed E-state index contributed by atoms with van der Waals surface area (Å²) in [6.45, 7) is 2.31. The monoisotopic (exact) mass is 438 g/mol. The molecule has 0 aliphatic heterocycles. The maximum Gasteiger partial charge on any atom is 0.291 e. The molecule has 0 spiro atoms. The molecular formula is C22H19ClN4O4. The Morgan fingerprint density at radius 3 is 2.35 bits per heavy atom. The van der Waals surface area contributed by atoms with Crippen molar-refractivity contribution in [3.05, 3.63) is 75.5 Å². The number of aromatic nitrogens is 2. The minimum atomic E-state index is -0.624. The summed E-state index contributed by atoms with van der Waals surface area (Å²) >= 11 is 5.93. The molecule has 158 valence electrons. The van der Waals surface area contributed by atoms with E-state index in [1.807, 2.05) is 0 Å². The van der Waals surface area contributed by atoms with Crippen LogP contribution in [0.1, 0.15) is 24.2 Å². The minimum Gasteiger partial charge on any atom is -0.324 e. The predicted molar refractivity (Wildman–Crippen MR) is 118 cm³/mol. The Morgan fingerprint density at radius 1 is 1.00 bits per heavy atom. The van der Waals surface area contributed by atoms with Gasteiger partial charge in [-0.3, -0.25) is 19.2 Å². The summed E-state index contributed by atoms with van der Waals surface area (Å²) in [6.07, 6.45) is 0. The van der Waals surface area contributed by atoms with Crippen molar-refractivity contribution in [3.8, 4) is 11.3 Å². The fourth-order valence-electron chi connectivity index (χ4n) is 2.84. The average molecular weight is 439 g/mol. The van der Waals surface area contributed by atoms with Gasteiger partial charge in [0.1, 0.15) is 12.2 Å². The van der Waals surface area contributed by atoms with Crippen molar-refractivity contribution in [2.45, 2.75) is 20.4 Å². The summed E-state index contributed by atoms with van der Waals surface area (Å²) in [4.78, 5) is 48.3. The van der Waals surface area contributed by atoms with E-state index >= 15 is 0 Å². The molecule has 0 saturated carbocycles. The molecule has 31 heavy (non-hydrogen) atoms. The number of rotatable bonds is 6. The molecule has 0 radical (unpaired) electrons. The second kappa shape index (κ2) is 9.36. The number of Topliss-reactive ketones (excluding diaryl/α,β-unsaturated/α-hetero) is 1. The van der Waals surface area contributed by atoms with Crippen molar-refractivity contribution in [2.75, 3.05) is 10.6 Å². The van der Waals surface area contributed by atoms with Crippen LogP contribution in [0.4, 0.5) is 11.4 Å². The number of benzene rings is 2. The van der Waals surface area contributed by atoms with E-state index < -0.39 is 23.9 Å². The van der Waals surface area contributed by atoms with Gasteiger partial charge >= 0.3 is 0 Å². The van der Waals surface area contributed by atoms with Crippen molar-refractivity contribution >= 4 is 40.6 Å². The fraction of sp³-hybridized carbons (Fsp3) is 0.136. The van der Waals surface area contributed by atoms with Crippen LogP contribution in [0, 0.1) is 0 Å². The van der Waals surface area contributed by atoms with E-state index in [4.69, 9.17) is 11.6 Å². The lowest BCUT2D eigenvalue weighted by atomic mass is 10.1. The maximum absolute atomic E-state index is 12.7. The Bertz CT molecular complexity index is 1220. The lowest BCUT2D eigenvalue weighted by molar-refractivity contribution is -0.117. The first kappa shape index (κ1) is 21.9. The molecule has 8 nitrogen and oxygen atoms in total. The Labute approximate surface area is 182 Å². The van der Waals surface area contributed by atoms with Crippen LogP contribution in [0.3, 0.4) is 0 Å². The zero-order chi connectivity index (χ0) is 22.5. The van der Waals surface area contributed by atoms with Gasteiger partial charge in [-0.1, -0.05) is 35.9 Å². The molecule has 3 aromatic rings. The largest absolute Gasteiger partial charge is 0.324 e. The summed E-state index contributed by atoms with van der Waals surface area (Å²) in [5.41, 5.74) is 1.28. The highest BCUT2D eigenvalue weighted by atomic mass is 35.5. The molecule has 9 heteroatoms. The predicted octanol–water partition coefficient (Wildman–Crippen LogP) is 3.36. The molecule has 0 atom stereocenters. The summed E-state index contributed by atoms with van der Waals surface area (Å²) in [7, 11) is 0. The van der Waals surface area contributed by atoms with Crippen LogP contribution in [0.2, 0.25) is 5.02 Å². The van der Waals surface area contributed by atoms with Gasteiger partial charge in [0, 0.05) is 28.8 Å². The van der Waals surface area contributed by atoms with Gasteiger partial charge in [0.2, 0.25) is 11.8 Å². The fourth-order valence-corrected chi connectivity index (χ4v) is 2.97. The number of carbonyl (C=O) groups excluding carboxylic acids is 3. The number of anilines is 2. The molecule has 1 heterocycles. The van der Waals surface area contributed by atoms with Crippen LogP contribution < -0.4 is 16.2 Å². The van der Waals surface area contributed by atoms with Crippen molar-refractivity contribution in [1.82, 2.24) is 9.78 Å². The third kappa shape index (κ3) is 5.64. The summed E-state index contributed by atoms with van der Waals surface area (Å²) < 4.78 is 0.972. The van der Waals surface area contributed by atoms with Crippen LogP contribution in [0.15, 0.2) is 59.4 Å². The molecule has 0 bridgehead atoms. The number of halogens is 1. The molecule has 2 amide bonds. The van der Waals surface area contributed by atoms with Crippen LogP contribution in [0.5, 0.6) is 0 Å². The number of hydrogen-bond donors (Lipinski definition) is 2. The summed E-state index contributed by atoms with van der Waals surface area (Å²) in [5.74, 6) is -1.08. The second-order valence-corrected chi connectivity index (χ2v) is 7.22. The van der Waals surface area contributed by atoms with E-state index in [2.05, 4.69) is 15.7 Å². The van der Waals surface area contributed by atoms with Gasteiger partial charge in [-0.25, -0.2) is 4.68 Å². The molecule has 0 unspecified atom stereocenters. The SMILES string of the molecule is CC(=O)Nc1cc(-c2ccc(Cl)cc2)nn(CC(=O)Nc2cccc(C(C)=O)c2)c1=O. The Hall–Kier alpha value is -3.78. The van der Waals surface area contributed by atoms with E-state index in [1.165, 1.54) is 19.9 Å². The average Bonchev–Trinajstić information content (AvgIpc) is 2.71. The Balaban J connectivity index is 1.92. The van der Waals surface area contributed by atoms with Crippen LogP contribution >= 0.6 is 11.6 Å². The van der Waals surface area contributed by atoms with Gasteiger partial charge in [0.05, 0.1) is 5.69 Å². The van der Waals surface area contributed by atoms with E-state index in [0.29, 0.717) is 27.5 Å². The molecule has 3 rings (SSSR count). The molecule has 0 aliphatic rings. The number of carbonyl (C=O) groups is 3. The molecule has 0 saturated heterocycles. The highest BCUT2D eigenvalue weighted by molar-refractivity contribution is 6.30. The van der Waals surface area contributed by atoms with Gasteiger partial charge < -0.3 is 10.6 Å². The lowest BCUT2D eigenvalue weighted by Gasteiger charge is -2.12. The molecule has 2 N–H and O–H groups in total. The van der Waals surface area contributed by atoms with E-state index in [1.54, 1.807) is 48.5 Å². The van der Waals surface area contributed by atoms with Crippen LogP contribution in [0.25, 0.3) is 11.3 Å². The van der Waals surface area contributed by atoms with E-state index in [9.17, 15) is 19.2 Å². The zero-order valence-electron chi connectivity index (χ0n) is 16.8. The highest BCUT2D eigenvalue weighted by Gasteiger charge is 2.14. The molecular weight excluding hydrogens is 420 g/mol. The van der Waals surface area contributed by atoms with Crippen LogP contribution in [-0.2, 0) is 16.1 Å². The number of nitrogens with one attached hydrogen (secondary N) is 2. The first-order valence-electron chi connectivity index (χ1n) is 9.29. The standard InChI is InChI=1S/C22H19ClN4O4/c1-13(28)16-4-3-5-18(10-16)25-21(30)12-27-22(31)20(24-14(2)29)11-19(26-27)15-6-8-17(23)9-7-15/h3-11H,12H2,1-2H3,(H,24,29)(H,25,30). The zero-order valence-corrected chi connectivity index (χ0v) is 17.6. The van der Waals surface area contributed by atoms with Crippen molar-refractivity contribution in [2.24, 2.45) is 0 Å². The van der Waals surface area contributed by atoms with E-state index in [0.717, 1.165) is 4.68 Å².